The molecular formula is C14H28O2S. The van der Waals surface area contributed by atoms with Gasteiger partial charge in [0.2, 0.25) is 0 Å². The highest BCUT2D eigenvalue weighted by atomic mass is 32.1. The van der Waals surface area contributed by atoms with Crippen molar-refractivity contribution in [2.45, 2.75) is 71.7 Å². The van der Waals surface area contributed by atoms with E-state index in [-0.39, 0.29) is 16.6 Å². The van der Waals surface area contributed by atoms with Gasteiger partial charge in [-0.1, -0.05) is 34.6 Å². The molecule has 0 aliphatic rings. The topological polar surface area (TPSA) is 26.3 Å². The fourth-order valence-corrected chi connectivity index (χ4v) is 2.63. The summed E-state index contributed by atoms with van der Waals surface area (Å²) in [5.74, 6) is 0.389. The molecule has 0 spiro atoms. The molecule has 0 aliphatic carbocycles. The van der Waals surface area contributed by atoms with Gasteiger partial charge < -0.3 is 4.74 Å². The van der Waals surface area contributed by atoms with Crippen LogP contribution in [0.15, 0.2) is 0 Å². The zero-order valence-electron chi connectivity index (χ0n) is 12.3. The Balaban J connectivity index is 4.36. The minimum Gasteiger partial charge on any atom is -0.459 e. The third-order valence-corrected chi connectivity index (χ3v) is 2.62. The van der Waals surface area contributed by atoms with Crippen molar-refractivity contribution >= 4 is 18.6 Å². The largest absolute Gasteiger partial charge is 0.459 e. The molecule has 0 aromatic rings. The highest BCUT2D eigenvalue weighted by Gasteiger charge is 2.31. The first kappa shape index (κ1) is 16.8. The molecule has 102 valence electrons. The maximum Gasteiger partial charge on any atom is 0.309 e. The molecule has 0 N–H and O–H groups in total. The van der Waals surface area contributed by atoms with E-state index in [2.05, 4.69) is 26.5 Å². The standard InChI is InChI=1S/C14H28O2S/c1-10(2)8-11(3)12(15)16-13(4,5)9-14(6,7)17/h10-11,17H,8-9H2,1-7H3. The maximum atomic E-state index is 11.9. The van der Waals surface area contributed by atoms with Crippen molar-refractivity contribution in [3.8, 4) is 0 Å². The Bertz CT molecular complexity index is 251. The van der Waals surface area contributed by atoms with Crippen LogP contribution in [-0.4, -0.2) is 16.3 Å². The molecule has 0 aromatic heterocycles. The van der Waals surface area contributed by atoms with Gasteiger partial charge >= 0.3 is 5.97 Å². The summed E-state index contributed by atoms with van der Waals surface area (Å²) in [4.78, 5) is 11.9. The number of hydrogen-bond acceptors (Lipinski definition) is 3. The van der Waals surface area contributed by atoms with Crippen LogP contribution in [0.5, 0.6) is 0 Å². The zero-order chi connectivity index (χ0) is 13.9. The van der Waals surface area contributed by atoms with Crippen LogP contribution < -0.4 is 0 Å². The fourth-order valence-electron chi connectivity index (χ4n) is 2.25. The second-order valence-electron chi connectivity index (χ2n) is 6.70. The average molecular weight is 260 g/mol. The molecule has 17 heavy (non-hydrogen) atoms. The van der Waals surface area contributed by atoms with Crippen LogP contribution in [0.4, 0.5) is 0 Å². The predicted molar refractivity (Wildman–Crippen MR) is 76.5 cm³/mol. The molecule has 0 amide bonds. The van der Waals surface area contributed by atoms with Gasteiger partial charge in [0.05, 0.1) is 5.92 Å². The SMILES string of the molecule is CC(C)CC(C)C(=O)OC(C)(C)CC(C)(C)S. The van der Waals surface area contributed by atoms with Crippen LogP contribution in [-0.2, 0) is 9.53 Å². The zero-order valence-corrected chi connectivity index (χ0v) is 13.2. The fraction of sp³-hybridized carbons (Fsp3) is 0.929. The predicted octanol–water partition coefficient (Wildman–Crippen LogP) is 4.09. The highest BCUT2D eigenvalue weighted by Crippen LogP contribution is 2.29. The Morgan fingerprint density at radius 2 is 1.65 bits per heavy atom. The third kappa shape index (κ3) is 8.53. The van der Waals surface area contributed by atoms with Crippen molar-refractivity contribution in [3.63, 3.8) is 0 Å². The van der Waals surface area contributed by atoms with Gasteiger partial charge in [0, 0.05) is 11.2 Å². The molecule has 1 unspecified atom stereocenters. The van der Waals surface area contributed by atoms with Gasteiger partial charge in [0.15, 0.2) is 0 Å². The molecule has 3 heteroatoms. The molecule has 0 radical (unpaired) electrons. The molecule has 0 aromatic carbocycles. The van der Waals surface area contributed by atoms with Gasteiger partial charge in [-0.3, -0.25) is 4.79 Å². The van der Waals surface area contributed by atoms with Crippen molar-refractivity contribution in [2.75, 3.05) is 0 Å². The summed E-state index contributed by atoms with van der Waals surface area (Å²) < 4.78 is 5.45. The van der Waals surface area contributed by atoms with Gasteiger partial charge in [-0.15, -0.1) is 0 Å². The summed E-state index contributed by atoms with van der Waals surface area (Å²) >= 11 is 4.49. The lowest BCUT2D eigenvalue weighted by atomic mass is 9.94. The van der Waals surface area contributed by atoms with E-state index in [1.807, 2.05) is 34.6 Å². The Morgan fingerprint density at radius 1 is 1.18 bits per heavy atom. The second kappa shape index (κ2) is 6.12. The number of carbonyl (C=O) groups excluding carboxylic acids is 1. The van der Waals surface area contributed by atoms with E-state index in [1.165, 1.54) is 0 Å². The van der Waals surface area contributed by atoms with Crippen LogP contribution in [0.3, 0.4) is 0 Å². The first-order chi connectivity index (χ1) is 7.43. The van der Waals surface area contributed by atoms with Crippen molar-refractivity contribution < 1.29 is 9.53 Å². The Kier molecular flexibility index (Phi) is 6.06. The number of carbonyl (C=O) groups is 1. The van der Waals surface area contributed by atoms with E-state index in [0.29, 0.717) is 5.92 Å². The number of ether oxygens (including phenoxy) is 1. The normalized spacial score (nSPS) is 14.9. The number of esters is 1. The van der Waals surface area contributed by atoms with E-state index in [9.17, 15) is 4.79 Å². The van der Waals surface area contributed by atoms with Crippen molar-refractivity contribution in [2.24, 2.45) is 11.8 Å². The summed E-state index contributed by atoms with van der Waals surface area (Å²) in [6.07, 6.45) is 1.61. The van der Waals surface area contributed by atoms with Gasteiger partial charge in [-0.05, 0) is 26.2 Å². The van der Waals surface area contributed by atoms with E-state index < -0.39 is 5.60 Å². The van der Waals surface area contributed by atoms with E-state index in [1.54, 1.807) is 0 Å². The summed E-state index contributed by atoms with van der Waals surface area (Å²) in [6, 6.07) is 0. The first-order valence-electron chi connectivity index (χ1n) is 6.38. The van der Waals surface area contributed by atoms with Gasteiger partial charge in [-0.2, -0.15) is 12.6 Å². The maximum absolute atomic E-state index is 11.9. The molecule has 0 saturated heterocycles. The van der Waals surface area contributed by atoms with Crippen molar-refractivity contribution in [3.05, 3.63) is 0 Å². The van der Waals surface area contributed by atoms with Crippen LogP contribution in [0.1, 0.15) is 61.3 Å². The van der Waals surface area contributed by atoms with Crippen LogP contribution in [0, 0.1) is 11.8 Å². The molecule has 0 rings (SSSR count). The summed E-state index contributed by atoms with van der Waals surface area (Å²) in [6.45, 7) is 14.1. The molecule has 0 aliphatic heterocycles. The smallest absolute Gasteiger partial charge is 0.309 e. The minimum absolute atomic E-state index is 0.0303. The number of thiol groups is 1. The molecule has 0 bridgehead atoms. The third-order valence-electron chi connectivity index (χ3n) is 2.46. The van der Waals surface area contributed by atoms with E-state index in [0.717, 1.165) is 12.8 Å². The van der Waals surface area contributed by atoms with E-state index >= 15 is 0 Å². The lowest BCUT2D eigenvalue weighted by Crippen LogP contribution is -2.36. The quantitative estimate of drug-likeness (QED) is 0.575. The monoisotopic (exact) mass is 260 g/mol. The number of rotatable bonds is 6. The van der Waals surface area contributed by atoms with Crippen molar-refractivity contribution in [1.29, 1.82) is 0 Å². The van der Waals surface area contributed by atoms with Gasteiger partial charge in [0.25, 0.3) is 0 Å². The van der Waals surface area contributed by atoms with Gasteiger partial charge in [0.1, 0.15) is 5.60 Å². The lowest BCUT2D eigenvalue weighted by Gasteiger charge is -2.32. The molecule has 2 nitrogen and oxygen atoms in total. The first-order valence-corrected chi connectivity index (χ1v) is 6.83. The van der Waals surface area contributed by atoms with Gasteiger partial charge in [-0.25, -0.2) is 0 Å². The van der Waals surface area contributed by atoms with E-state index in [4.69, 9.17) is 4.74 Å². The highest BCUT2D eigenvalue weighted by molar-refractivity contribution is 7.81. The van der Waals surface area contributed by atoms with Crippen LogP contribution in [0.2, 0.25) is 0 Å². The Hall–Kier alpha value is -0.180. The second-order valence-corrected chi connectivity index (χ2v) is 7.91. The molecule has 0 heterocycles. The number of hydrogen-bond donors (Lipinski definition) is 1. The summed E-state index contributed by atoms with van der Waals surface area (Å²) in [5.41, 5.74) is -0.451. The van der Waals surface area contributed by atoms with Crippen LogP contribution >= 0.6 is 12.6 Å². The van der Waals surface area contributed by atoms with Crippen molar-refractivity contribution in [1.82, 2.24) is 0 Å². The Labute approximate surface area is 112 Å². The van der Waals surface area contributed by atoms with Crippen LogP contribution in [0.25, 0.3) is 0 Å². The molecular weight excluding hydrogens is 232 g/mol. The molecule has 0 saturated carbocycles. The molecule has 1 atom stereocenters. The average Bonchev–Trinajstić information content (AvgIpc) is 1.95. The lowest BCUT2D eigenvalue weighted by molar-refractivity contribution is -0.162. The summed E-state index contributed by atoms with van der Waals surface area (Å²) in [5, 5.41) is 0. The minimum atomic E-state index is -0.451. The molecule has 0 fully saturated rings. The Morgan fingerprint density at radius 3 is 2.00 bits per heavy atom. The summed E-state index contributed by atoms with van der Waals surface area (Å²) in [7, 11) is 0.